The van der Waals surface area contributed by atoms with Crippen molar-refractivity contribution < 1.29 is 13.6 Å². The number of hydrogen-bond donors (Lipinski definition) is 0. The molecule has 0 heterocycles. The number of benzene rings is 1. The largest absolute Gasteiger partial charge is 0.341 e. The molecule has 0 saturated heterocycles. The molecule has 0 fully saturated rings. The molecular weight excluding hydrogens is 212 g/mol. The minimum Gasteiger partial charge on any atom is -0.341 e. The average Bonchev–Trinajstić information content (AvgIpc) is 2.13. The van der Waals surface area contributed by atoms with E-state index in [9.17, 15) is 13.6 Å². The van der Waals surface area contributed by atoms with Gasteiger partial charge in [0.15, 0.2) is 0 Å². The number of carbonyl (C=O) groups is 1. The Morgan fingerprint density at radius 1 is 1.25 bits per heavy atom. The molecule has 0 aliphatic rings. The number of nitrogens with zero attached hydrogens (tertiary/aromatic N) is 1. The SMILES string of the molecule is CC(C)CN(C)C(=O)c1cc(F)cc(F)c1. The zero-order chi connectivity index (χ0) is 12.3. The van der Waals surface area contributed by atoms with Gasteiger partial charge < -0.3 is 4.90 Å². The smallest absolute Gasteiger partial charge is 0.253 e. The lowest BCUT2D eigenvalue weighted by atomic mass is 10.1. The molecule has 0 atom stereocenters. The second-order valence-electron chi connectivity index (χ2n) is 4.24. The highest BCUT2D eigenvalue weighted by Gasteiger charge is 2.14. The van der Waals surface area contributed by atoms with Crippen LogP contribution in [-0.4, -0.2) is 24.4 Å². The Morgan fingerprint density at radius 2 is 1.75 bits per heavy atom. The minimum atomic E-state index is -0.735. The zero-order valence-electron chi connectivity index (χ0n) is 9.63. The first kappa shape index (κ1) is 12.6. The third-order valence-electron chi connectivity index (χ3n) is 2.10. The summed E-state index contributed by atoms with van der Waals surface area (Å²) in [6.45, 7) is 4.49. The van der Waals surface area contributed by atoms with Crippen molar-refractivity contribution in [1.29, 1.82) is 0 Å². The fraction of sp³-hybridized carbons (Fsp3) is 0.417. The van der Waals surface area contributed by atoms with Crippen molar-refractivity contribution >= 4 is 5.91 Å². The molecule has 0 saturated carbocycles. The highest BCUT2D eigenvalue weighted by Crippen LogP contribution is 2.10. The molecule has 0 bridgehead atoms. The van der Waals surface area contributed by atoms with Crippen LogP contribution in [0.3, 0.4) is 0 Å². The molecule has 4 heteroatoms. The molecule has 0 unspecified atom stereocenters. The van der Waals surface area contributed by atoms with E-state index in [0.29, 0.717) is 12.5 Å². The summed E-state index contributed by atoms with van der Waals surface area (Å²) in [4.78, 5) is 13.2. The van der Waals surface area contributed by atoms with Crippen LogP contribution in [0.25, 0.3) is 0 Å². The van der Waals surface area contributed by atoms with E-state index in [-0.39, 0.29) is 11.5 Å². The van der Waals surface area contributed by atoms with Gasteiger partial charge in [-0.2, -0.15) is 0 Å². The second kappa shape index (κ2) is 5.05. The summed E-state index contributed by atoms with van der Waals surface area (Å²) in [6.07, 6.45) is 0. The monoisotopic (exact) mass is 227 g/mol. The first-order valence-electron chi connectivity index (χ1n) is 5.11. The molecule has 0 radical (unpaired) electrons. The van der Waals surface area contributed by atoms with Gasteiger partial charge in [-0.25, -0.2) is 8.78 Å². The molecule has 0 aliphatic heterocycles. The van der Waals surface area contributed by atoms with Gasteiger partial charge >= 0.3 is 0 Å². The molecule has 88 valence electrons. The number of hydrogen-bond acceptors (Lipinski definition) is 1. The summed E-state index contributed by atoms with van der Waals surface area (Å²) >= 11 is 0. The van der Waals surface area contributed by atoms with Gasteiger partial charge in [-0.05, 0) is 18.1 Å². The van der Waals surface area contributed by atoms with Crippen LogP contribution in [-0.2, 0) is 0 Å². The third-order valence-corrected chi connectivity index (χ3v) is 2.10. The van der Waals surface area contributed by atoms with Crippen LogP contribution in [0.15, 0.2) is 18.2 Å². The van der Waals surface area contributed by atoms with Gasteiger partial charge in [0, 0.05) is 25.2 Å². The van der Waals surface area contributed by atoms with Crippen molar-refractivity contribution in [2.45, 2.75) is 13.8 Å². The van der Waals surface area contributed by atoms with Gasteiger partial charge in [0.05, 0.1) is 0 Å². The Bertz CT molecular complexity index is 370. The Balaban J connectivity index is 2.87. The summed E-state index contributed by atoms with van der Waals surface area (Å²) in [6, 6.07) is 2.84. The number of carbonyl (C=O) groups excluding carboxylic acids is 1. The summed E-state index contributed by atoms with van der Waals surface area (Å²) in [5.41, 5.74) is 0.0423. The average molecular weight is 227 g/mol. The minimum absolute atomic E-state index is 0.0423. The van der Waals surface area contributed by atoms with Crippen LogP contribution in [0.2, 0.25) is 0 Å². The van der Waals surface area contributed by atoms with Gasteiger partial charge in [0.1, 0.15) is 11.6 Å². The zero-order valence-corrected chi connectivity index (χ0v) is 9.63. The number of amides is 1. The van der Waals surface area contributed by atoms with Gasteiger partial charge in [0.25, 0.3) is 5.91 Å². The van der Waals surface area contributed by atoms with E-state index < -0.39 is 11.6 Å². The quantitative estimate of drug-likeness (QED) is 0.777. The van der Waals surface area contributed by atoms with E-state index >= 15 is 0 Å². The Morgan fingerprint density at radius 3 is 2.19 bits per heavy atom. The maximum Gasteiger partial charge on any atom is 0.253 e. The van der Waals surface area contributed by atoms with Crippen LogP contribution in [0.1, 0.15) is 24.2 Å². The van der Waals surface area contributed by atoms with Crippen LogP contribution in [0, 0.1) is 17.6 Å². The fourth-order valence-electron chi connectivity index (χ4n) is 1.53. The number of rotatable bonds is 3. The predicted molar refractivity (Wildman–Crippen MR) is 58.2 cm³/mol. The second-order valence-corrected chi connectivity index (χ2v) is 4.24. The lowest BCUT2D eigenvalue weighted by molar-refractivity contribution is 0.0778. The summed E-state index contributed by atoms with van der Waals surface area (Å²) < 4.78 is 25.8. The first-order chi connectivity index (χ1) is 7.40. The van der Waals surface area contributed by atoms with E-state index in [0.717, 1.165) is 18.2 Å². The molecule has 1 rings (SSSR count). The summed E-state index contributed by atoms with van der Waals surface area (Å²) in [5.74, 6) is -1.53. The molecule has 1 aromatic carbocycles. The Kier molecular flexibility index (Phi) is 3.99. The van der Waals surface area contributed by atoms with Crippen molar-refractivity contribution in [3.63, 3.8) is 0 Å². The maximum atomic E-state index is 12.9. The van der Waals surface area contributed by atoms with Gasteiger partial charge in [-0.1, -0.05) is 13.8 Å². The van der Waals surface area contributed by atoms with Crippen LogP contribution < -0.4 is 0 Å². The Labute approximate surface area is 93.9 Å². The topological polar surface area (TPSA) is 20.3 Å². The molecule has 1 aromatic rings. The van der Waals surface area contributed by atoms with Crippen molar-refractivity contribution in [3.8, 4) is 0 Å². The van der Waals surface area contributed by atoms with E-state index in [1.165, 1.54) is 4.90 Å². The van der Waals surface area contributed by atoms with Crippen LogP contribution in [0.4, 0.5) is 8.78 Å². The summed E-state index contributed by atoms with van der Waals surface area (Å²) in [5, 5.41) is 0. The van der Waals surface area contributed by atoms with Crippen molar-refractivity contribution in [2.75, 3.05) is 13.6 Å². The fourth-order valence-corrected chi connectivity index (χ4v) is 1.53. The van der Waals surface area contributed by atoms with E-state index in [4.69, 9.17) is 0 Å². The van der Waals surface area contributed by atoms with Crippen molar-refractivity contribution in [1.82, 2.24) is 4.90 Å². The highest BCUT2D eigenvalue weighted by atomic mass is 19.1. The van der Waals surface area contributed by atoms with Crippen LogP contribution >= 0.6 is 0 Å². The predicted octanol–water partition coefficient (Wildman–Crippen LogP) is 2.69. The molecule has 0 spiro atoms. The highest BCUT2D eigenvalue weighted by molar-refractivity contribution is 5.94. The molecule has 0 aromatic heterocycles. The summed E-state index contributed by atoms with van der Waals surface area (Å²) in [7, 11) is 1.62. The van der Waals surface area contributed by atoms with E-state index in [2.05, 4.69) is 0 Å². The standard InChI is InChI=1S/C12H15F2NO/c1-8(2)7-15(3)12(16)9-4-10(13)6-11(14)5-9/h4-6,8H,7H2,1-3H3. The molecule has 0 N–H and O–H groups in total. The molecule has 1 amide bonds. The van der Waals surface area contributed by atoms with Gasteiger partial charge in [0.2, 0.25) is 0 Å². The molecule has 0 aliphatic carbocycles. The van der Waals surface area contributed by atoms with E-state index in [1.807, 2.05) is 13.8 Å². The molecule has 16 heavy (non-hydrogen) atoms. The van der Waals surface area contributed by atoms with Gasteiger partial charge in [-0.15, -0.1) is 0 Å². The normalized spacial score (nSPS) is 10.6. The third kappa shape index (κ3) is 3.29. The molecular formula is C12H15F2NO. The van der Waals surface area contributed by atoms with Gasteiger partial charge in [-0.3, -0.25) is 4.79 Å². The van der Waals surface area contributed by atoms with Crippen molar-refractivity contribution in [2.24, 2.45) is 5.92 Å². The van der Waals surface area contributed by atoms with E-state index in [1.54, 1.807) is 7.05 Å². The lowest BCUT2D eigenvalue weighted by Crippen LogP contribution is -2.30. The number of halogens is 2. The van der Waals surface area contributed by atoms with Crippen molar-refractivity contribution in [3.05, 3.63) is 35.4 Å². The maximum absolute atomic E-state index is 12.9. The lowest BCUT2D eigenvalue weighted by Gasteiger charge is -2.19. The Hall–Kier alpha value is -1.45. The molecule has 2 nitrogen and oxygen atoms in total. The van der Waals surface area contributed by atoms with Crippen LogP contribution in [0.5, 0.6) is 0 Å². The first-order valence-corrected chi connectivity index (χ1v) is 5.11.